The number of aromatic nitrogens is 1. The van der Waals surface area contributed by atoms with Crippen LogP contribution in [0.1, 0.15) is 12.5 Å². The summed E-state index contributed by atoms with van der Waals surface area (Å²) in [5.41, 5.74) is 6.63. The number of benzene rings is 1. The van der Waals surface area contributed by atoms with Gasteiger partial charge in [-0.1, -0.05) is 23.7 Å². The number of nitro groups is 1. The number of halogens is 1. The summed E-state index contributed by atoms with van der Waals surface area (Å²) < 4.78 is 5.35. The van der Waals surface area contributed by atoms with E-state index in [-0.39, 0.29) is 22.8 Å². The van der Waals surface area contributed by atoms with Crippen molar-refractivity contribution in [3.63, 3.8) is 0 Å². The van der Waals surface area contributed by atoms with E-state index in [9.17, 15) is 10.1 Å². The molecule has 22 heavy (non-hydrogen) atoms. The van der Waals surface area contributed by atoms with Crippen molar-refractivity contribution in [2.45, 2.75) is 18.8 Å². The normalized spacial score (nSPS) is 23.1. The molecule has 7 nitrogen and oxygen atoms in total. The summed E-state index contributed by atoms with van der Waals surface area (Å²) in [7, 11) is 0. The minimum Gasteiger partial charge on any atom is -0.346 e. The maximum Gasteiger partial charge on any atom is 0.311 e. The van der Waals surface area contributed by atoms with E-state index in [2.05, 4.69) is 10.3 Å². The second-order valence-electron chi connectivity index (χ2n) is 5.01. The van der Waals surface area contributed by atoms with Crippen LogP contribution in [0.4, 0.5) is 17.2 Å². The van der Waals surface area contributed by atoms with Gasteiger partial charge in [-0.2, -0.15) is 0 Å². The highest BCUT2D eigenvalue weighted by molar-refractivity contribution is 6.29. The van der Waals surface area contributed by atoms with Crippen molar-refractivity contribution in [1.82, 2.24) is 4.98 Å². The van der Waals surface area contributed by atoms with E-state index < -0.39 is 10.6 Å². The van der Waals surface area contributed by atoms with Crippen LogP contribution in [0, 0.1) is 10.1 Å². The molecule has 0 saturated carbocycles. The Balaban J connectivity index is 1.85. The number of anilines is 2. The molecular weight excluding hydrogens is 308 g/mol. The molecule has 0 amide bonds. The summed E-state index contributed by atoms with van der Waals surface area (Å²) in [6, 6.07) is 9.80. The monoisotopic (exact) mass is 320 g/mol. The van der Waals surface area contributed by atoms with Gasteiger partial charge in [-0.25, -0.2) is 4.98 Å². The number of ether oxygens (including phenoxy) is 1. The highest BCUT2D eigenvalue weighted by Crippen LogP contribution is 2.41. The second-order valence-corrected chi connectivity index (χ2v) is 5.40. The Morgan fingerprint density at radius 3 is 2.55 bits per heavy atom. The van der Waals surface area contributed by atoms with Gasteiger partial charge in [-0.15, -0.1) is 0 Å². The van der Waals surface area contributed by atoms with Gasteiger partial charge in [0.1, 0.15) is 11.3 Å². The van der Waals surface area contributed by atoms with Crippen molar-refractivity contribution in [3.05, 3.63) is 57.2 Å². The average Bonchev–Trinajstić information content (AvgIpc) is 3.08. The van der Waals surface area contributed by atoms with Crippen LogP contribution in [0.25, 0.3) is 0 Å². The van der Waals surface area contributed by atoms with E-state index in [0.717, 1.165) is 5.56 Å². The molecule has 1 aromatic carbocycles. The molecule has 0 radical (unpaired) electrons. The molecule has 1 aromatic heterocycles. The van der Waals surface area contributed by atoms with E-state index >= 15 is 0 Å². The lowest BCUT2D eigenvalue weighted by Gasteiger charge is -2.09. The molecule has 0 bridgehead atoms. The lowest BCUT2D eigenvalue weighted by atomic mass is 10.1. The Hall–Kier alpha value is -2.22. The van der Waals surface area contributed by atoms with Crippen LogP contribution in [0.3, 0.4) is 0 Å². The molecule has 0 aliphatic carbocycles. The minimum atomic E-state index is -0.737. The van der Waals surface area contributed by atoms with Crippen LogP contribution < -0.4 is 11.1 Å². The zero-order chi connectivity index (χ0) is 15.9. The predicted octanol–water partition coefficient (Wildman–Crippen LogP) is 2.92. The molecule has 114 valence electrons. The maximum absolute atomic E-state index is 11.0. The summed E-state index contributed by atoms with van der Waals surface area (Å²) in [4.78, 5) is 14.4. The first kappa shape index (κ1) is 14.7. The van der Waals surface area contributed by atoms with Gasteiger partial charge < -0.3 is 10.1 Å². The molecule has 0 spiro atoms. The molecule has 1 fully saturated rings. The number of pyridine rings is 1. The van der Waals surface area contributed by atoms with Gasteiger partial charge in [-0.3, -0.25) is 15.8 Å². The van der Waals surface area contributed by atoms with Crippen LogP contribution in [-0.2, 0) is 10.5 Å². The molecule has 8 heteroatoms. The predicted molar refractivity (Wildman–Crippen MR) is 82.0 cm³/mol. The topological polar surface area (TPSA) is 107 Å². The molecule has 2 aromatic rings. The first-order valence-electron chi connectivity index (χ1n) is 6.55. The maximum atomic E-state index is 11.0. The van der Waals surface area contributed by atoms with Gasteiger partial charge >= 0.3 is 5.69 Å². The Kier molecular flexibility index (Phi) is 3.48. The van der Waals surface area contributed by atoms with Crippen LogP contribution >= 0.6 is 11.6 Å². The van der Waals surface area contributed by atoms with Crippen molar-refractivity contribution in [2.75, 3.05) is 5.32 Å². The Bertz CT molecular complexity index is 737. The van der Waals surface area contributed by atoms with Crippen LogP contribution in [-0.4, -0.2) is 16.0 Å². The number of hydrogen-bond donors (Lipinski definition) is 2. The number of nitrogens with one attached hydrogen (secondary N) is 1. The third-order valence-electron chi connectivity index (χ3n) is 3.55. The van der Waals surface area contributed by atoms with Crippen molar-refractivity contribution < 1.29 is 9.66 Å². The average molecular weight is 321 g/mol. The number of epoxide rings is 1. The van der Waals surface area contributed by atoms with Crippen molar-refractivity contribution in [2.24, 2.45) is 5.73 Å². The number of hydrogen-bond acceptors (Lipinski definition) is 6. The SMILES string of the molecule is CC1OC1(N)c1ccc(Nc2nc(Cl)ccc2[N+](=O)[O-])cc1. The molecule has 1 aliphatic rings. The summed E-state index contributed by atoms with van der Waals surface area (Å²) in [6.07, 6.45) is -0.0259. The smallest absolute Gasteiger partial charge is 0.311 e. The van der Waals surface area contributed by atoms with Crippen LogP contribution in [0.2, 0.25) is 5.15 Å². The lowest BCUT2D eigenvalue weighted by Crippen LogP contribution is -2.23. The fraction of sp³-hybridized carbons (Fsp3) is 0.214. The quantitative estimate of drug-likeness (QED) is 0.388. The fourth-order valence-corrected chi connectivity index (χ4v) is 2.33. The Labute approximate surface area is 131 Å². The molecule has 1 aliphatic heterocycles. The Morgan fingerprint density at radius 2 is 2.00 bits per heavy atom. The second kappa shape index (κ2) is 5.20. The highest BCUT2D eigenvalue weighted by Gasteiger charge is 2.51. The molecule has 2 atom stereocenters. The van der Waals surface area contributed by atoms with Crippen molar-refractivity contribution in [1.29, 1.82) is 0 Å². The minimum absolute atomic E-state index is 0.0259. The van der Waals surface area contributed by atoms with Crippen molar-refractivity contribution >= 4 is 28.8 Å². The van der Waals surface area contributed by atoms with Gasteiger partial charge in [0, 0.05) is 17.3 Å². The zero-order valence-electron chi connectivity index (χ0n) is 11.6. The van der Waals surface area contributed by atoms with Gasteiger partial charge in [-0.05, 0) is 25.1 Å². The number of nitrogens with zero attached hydrogens (tertiary/aromatic N) is 2. The van der Waals surface area contributed by atoms with Crippen LogP contribution in [0.5, 0.6) is 0 Å². The fourth-order valence-electron chi connectivity index (χ4n) is 2.18. The lowest BCUT2D eigenvalue weighted by molar-refractivity contribution is -0.384. The molecule has 3 rings (SSSR count). The van der Waals surface area contributed by atoms with E-state index in [0.29, 0.717) is 5.69 Å². The molecule has 2 unspecified atom stereocenters. The van der Waals surface area contributed by atoms with Gasteiger partial charge in [0.25, 0.3) is 0 Å². The molecule has 3 N–H and O–H groups in total. The van der Waals surface area contributed by atoms with Gasteiger partial charge in [0.2, 0.25) is 5.82 Å². The molecule has 2 heterocycles. The third kappa shape index (κ3) is 2.61. The summed E-state index contributed by atoms with van der Waals surface area (Å²) >= 11 is 5.79. The highest BCUT2D eigenvalue weighted by atomic mass is 35.5. The summed E-state index contributed by atoms with van der Waals surface area (Å²) in [5.74, 6) is 0.0868. The Morgan fingerprint density at radius 1 is 1.36 bits per heavy atom. The van der Waals surface area contributed by atoms with Crippen molar-refractivity contribution in [3.8, 4) is 0 Å². The molecule has 1 saturated heterocycles. The number of rotatable bonds is 4. The first-order chi connectivity index (χ1) is 10.4. The van der Waals surface area contributed by atoms with E-state index in [1.54, 1.807) is 12.1 Å². The zero-order valence-corrected chi connectivity index (χ0v) is 12.4. The summed E-state index contributed by atoms with van der Waals surface area (Å²) in [6.45, 7) is 1.89. The number of nitrogens with two attached hydrogens (primary N) is 1. The van der Waals surface area contributed by atoms with E-state index in [1.807, 2.05) is 19.1 Å². The largest absolute Gasteiger partial charge is 0.346 e. The van der Waals surface area contributed by atoms with Gasteiger partial charge in [0.15, 0.2) is 5.72 Å². The van der Waals surface area contributed by atoms with Gasteiger partial charge in [0.05, 0.1) is 4.92 Å². The molecular formula is C14H13ClN4O3. The van der Waals surface area contributed by atoms with E-state index in [1.165, 1.54) is 12.1 Å². The standard InChI is InChI=1S/C14H13ClN4O3/c1-8-14(16,22-8)9-2-4-10(5-3-9)17-13-11(19(20)21)6-7-12(15)18-13/h2-8H,16H2,1H3,(H,17,18). The first-order valence-corrected chi connectivity index (χ1v) is 6.93. The van der Waals surface area contributed by atoms with Crippen LogP contribution in [0.15, 0.2) is 36.4 Å². The third-order valence-corrected chi connectivity index (χ3v) is 3.76. The summed E-state index contributed by atoms with van der Waals surface area (Å²) in [5, 5.41) is 14.1. The van der Waals surface area contributed by atoms with E-state index in [4.69, 9.17) is 22.1 Å².